The molecule has 18 heavy (non-hydrogen) atoms. The first-order chi connectivity index (χ1) is 8.83. The zero-order valence-electron chi connectivity index (χ0n) is 11.7. The topological polar surface area (TPSA) is 50.7 Å². The second-order valence-electron chi connectivity index (χ2n) is 5.09. The predicted molar refractivity (Wildman–Crippen MR) is 72.8 cm³/mol. The Balaban J connectivity index is 1.88. The molecule has 0 amide bonds. The van der Waals surface area contributed by atoms with E-state index in [0.717, 1.165) is 19.1 Å². The SMILES string of the molecule is CCOCCOCC(O)CNCC1CCCCC1. The van der Waals surface area contributed by atoms with E-state index in [1.807, 2.05) is 6.92 Å². The molecule has 0 heterocycles. The molecule has 1 unspecified atom stereocenters. The summed E-state index contributed by atoms with van der Waals surface area (Å²) >= 11 is 0. The maximum absolute atomic E-state index is 9.71. The van der Waals surface area contributed by atoms with Crippen molar-refractivity contribution in [2.45, 2.75) is 45.1 Å². The highest BCUT2D eigenvalue weighted by atomic mass is 16.5. The van der Waals surface area contributed by atoms with Crippen molar-refractivity contribution in [3.8, 4) is 0 Å². The van der Waals surface area contributed by atoms with Gasteiger partial charge in [-0.2, -0.15) is 0 Å². The zero-order chi connectivity index (χ0) is 13.1. The molecule has 1 rings (SSSR count). The molecule has 0 spiro atoms. The standard InChI is InChI=1S/C14H29NO3/c1-2-17-8-9-18-12-14(16)11-15-10-13-6-4-3-5-7-13/h13-16H,2-12H2,1H3. The van der Waals surface area contributed by atoms with Gasteiger partial charge in [-0.15, -0.1) is 0 Å². The highest BCUT2D eigenvalue weighted by Crippen LogP contribution is 2.22. The number of hydrogen-bond donors (Lipinski definition) is 2. The minimum Gasteiger partial charge on any atom is -0.389 e. The van der Waals surface area contributed by atoms with Gasteiger partial charge in [0.25, 0.3) is 0 Å². The molecule has 1 saturated carbocycles. The molecule has 0 saturated heterocycles. The van der Waals surface area contributed by atoms with E-state index in [0.29, 0.717) is 26.4 Å². The number of hydrogen-bond acceptors (Lipinski definition) is 4. The van der Waals surface area contributed by atoms with Crippen LogP contribution < -0.4 is 5.32 Å². The predicted octanol–water partition coefficient (Wildman–Crippen LogP) is 1.57. The summed E-state index contributed by atoms with van der Waals surface area (Å²) in [7, 11) is 0. The van der Waals surface area contributed by atoms with Crippen LogP contribution >= 0.6 is 0 Å². The summed E-state index contributed by atoms with van der Waals surface area (Å²) in [6.07, 6.45) is 6.41. The minimum absolute atomic E-state index is 0.394. The quantitative estimate of drug-likeness (QED) is 0.585. The van der Waals surface area contributed by atoms with Gasteiger partial charge in [0.1, 0.15) is 0 Å². The summed E-state index contributed by atoms with van der Waals surface area (Å²) in [6.45, 7) is 5.91. The van der Waals surface area contributed by atoms with Crippen molar-refractivity contribution in [2.75, 3.05) is 39.5 Å². The van der Waals surface area contributed by atoms with Crippen LogP contribution in [0.4, 0.5) is 0 Å². The Kier molecular flexibility index (Phi) is 9.48. The van der Waals surface area contributed by atoms with E-state index in [9.17, 15) is 5.11 Å². The fourth-order valence-electron chi connectivity index (χ4n) is 2.39. The number of aliphatic hydroxyl groups excluding tert-OH is 1. The molecular weight excluding hydrogens is 230 g/mol. The van der Waals surface area contributed by atoms with Crippen LogP contribution in [0.5, 0.6) is 0 Å². The van der Waals surface area contributed by atoms with Gasteiger partial charge in [-0.25, -0.2) is 0 Å². The molecule has 108 valence electrons. The summed E-state index contributed by atoms with van der Waals surface area (Å²) in [5, 5.41) is 13.1. The van der Waals surface area contributed by atoms with Gasteiger partial charge in [-0.05, 0) is 32.2 Å². The van der Waals surface area contributed by atoms with Gasteiger partial charge in [-0.1, -0.05) is 19.3 Å². The van der Waals surface area contributed by atoms with Crippen LogP contribution in [0.3, 0.4) is 0 Å². The van der Waals surface area contributed by atoms with Crippen LogP contribution in [0.1, 0.15) is 39.0 Å². The minimum atomic E-state index is -0.407. The zero-order valence-corrected chi connectivity index (χ0v) is 11.7. The van der Waals surface area contributed by atoms with E-state index in [2.05, 4.69) is 5.32 Å². The smallest absolute Gasteiger partial charge is 0.0897 e. The third kappa shape index (κ3) is 8.03. The highest BCUT2D eigenvalue weighted by molar-refractivity contribution is 4.69. The number of rotatable bonds is 10. The van der Waals surface area contributed by atoms with Crippen LogP contribution in [0.25, 0.3) is 0 Å². The first-order valence-electron chi connectivity index (χ1n) is 7.37. The summed E-state index contributed by atoms with van der Waals surface area (Å²) in [5.41, 5.74) is 0. The van der Waals surface area contributed by atoms with E-state index in [1.165, 1.54) is 32.1 Å². The lowest BCUT2D eigenvalue weighted by molar-refractivity contribution is 0.00621. The fourth-order valence-corrected chi connectivity index (χ4v) is 2.39. The molecule has 0 aromatic carbocycles. The average molecular weight is 259 g/mol. The second kappa shape index (κ2) is 10.7. The molecule has 4 heteroatoms. The van der Waals surface area contributed by atoms with Gasteiger partial charge in [0.15, 0.2) is 0 Å². The van der Waals surface area contributed by atoms with Gasteiger partial charge < -0.3 is 19.9 Å². The first-order valence-corrected chi connectivity index (χ1v) is 7.37. The summed E-state index contributed by atoms with van der Waals surface area (Å²) < 4.78 is 10.5. The molecular formula is C14H29NO3. The Morgan fingerprint density at radius 2 is 1.89 bits per heavy atom. The molecule has 0 radical (unpaired) electrons. The largest absolute Gasteiger partial charge is 0.389 e. The van der Waals surface area contributed by atoms with E-state index >= 15 is 0 Å². The monoisotopic (exact) mass is 259 g/mol. The second-order valence-corrected chi connectivity index (χ2v) is 5.09. The van der Waals surface area contributed by atoms with Crippen molar-refractivity contribution in [3.05, 3.63) is 0 Å². The van der Waals surface area contributed by atoms with Crippen molar-refractivity contribution in [2.24, 2.45) is 5.92 Å². The molecule has 4 nitrogen and oxygen atoms in total. The molecule has 0 aromatic rings. The van der Waals surface area contributed by atoms with Crippen LogP contribution in [0, 0.1) is 5.92 Å². The Bertz CT molecular complexity index is 184. The number of nitrogens with one attached hydrogen (secondary N) is 1. The van der Waals surface area contributed by atoms with Gasteiger partial charge in [0, 0.05) is 13.2 Å². The maximum Gasteiger partial charge on any atom is 0.0897 e. The Morgan fingerprint density at radius 3 is 2.61 bits per heavy atom. The van der Waals surface area contributed by atoms with Crippen LogP contribution in [-0.2, 0) is 9.47 Å². The van der Waals surface area contributed by atoms with Crippen molar-refractivity contribution < 1.29 is 14.6 Å². The van der Waals surface area contributed by atoms with Crippen LogP contribution in [-0.4, -0.2) is 50.7 Å². The summed E-state index contributed by atoms with van der Waals surface area (Å²) in [6, 6.07) is 0. The fraction of sp³-hybridized carbons (Fsp3) is 1.00. The van der Waals surface area contributed by atoms with E-state index < -0.39 is 6.10 Å². The van der Waals surface area contributed by atoms with E-state index in [4.69, 9.17) is 9.47 Å². The molecule has 1 aliphatic carbocycles. The van der Waals surface area contributed by atoms with Crippen molar-refractivity contribution in [3.63, 3.8) is 0 Å². The summed E-state index contributed by atoms with van der Waals surface area (Å²) in [4.78, 5) is 0. The summed E-state index contributed by atoms with van der Waals surface area (Å²) in [5.74, 6) is 0.810. The maximum atomic E-state index is 9.71. The van der Waals surface area contributed by atoms with E-state index in [1.54, 1.807) is 0 Å². The Labute approximate surface area is 111 Å². The molecule has 0 aromatic heterocycles. The molecule has 1 atom stereocenters. The van der Waals surface area contributed by atoms with Gasteiger partial charge in [0.2, 0.25) is 0 Å². The number of ether oxygens (including phenoxy) is 2. The van der Waals surface area contributed by atoms with Crippen molar-refractivity contribution in [1.82, 2.24) is 5.32 Å². The van der Waals surface area contributed by atoms with Gasteiger partial charge >= 0.3 is 0 Å². The number of aliphatic hydroxyl groups is 1. The van der Waals surface area contributed by atoms with Crippen LogP contribution in [0.2, 0.25) is 0 Å². The third-order valence-electron chi connectivity index (χ3n) is 3.42. The van der Waals surface area contributed by atoms with Crippen molar-refractivity contribution in [1.29, 1.82) is 0 Å². The Morgan fingerprint density at radius 1 is 1.17 bits per heavy atom. The average Bonchev–Trinajstić information content (AvgIpc) is 2.40. The van der Waals surface area contributed by atoms with E-state index in [-0.39, 0.29) is 0 Å². The normalized spacial score (nSPS) is 19.0. The molecule has 0 bridgehead atoms. The molecule has 1 aliphatic rings. The molecule has 0 aliphatic heterocycles. The Hall–Kier alpha value is -0.160. The van der Waals surface area contributed by atoms with Crippen LogP contribution in [0.15, 0.2) is 0 Å². The lowest BCUT2D eigenvalue weighted by atomic mass is 9.89. The highest BCUT2D eigenvalue weighted by Gasteiger charge is 2.13. The third-order valence-corrected chi connectivity index (χ3v) is 3.42. The van der Waals surface area contributed by atoms with Gasteiger partial charge in [0.05, 0.1) is 25.9 Å². The molecule has 2 N–H and O–H groups in total. The lowest BCUT2D eigenvalue weighted by Gasteiger charge is -2.22. The van der Waals surface area contributed by atoms with Crippen molar-refractivity contribution >= 4 is 0 Å². The first kappa shape index (κ1) is 15.9. The lowest BCUT2D eigenvalue weighted by Crippen LogP contribution is -2.34. The van der Waals surface area contributed by atoms with Gasteiger partial charge in [-0.3, -0.25) is 0 Å². The molecule has 1 fully saturated rings.